The van der Waals surface area contributed by atoms with Gasteiger partial charge < -0.3 is 0 Å². The van der Waals surface area contributed by atoms with Crippen molar-refractivity contribution in [3.63, 3.8) is 0 Å². The van der Waals surface area contributed by atoms with E-state index in [4.69, 9.17) is 5.26 Å². The zero-order valence-electron chi connectivity index (χ0n) is 11.1. The van der Waals surface area contributed by atoms with Crippen molar-refractivity contribution in [1.29, 1.82) is 5.26 Å². The molecule has 1 saturated carbocycles. The van der Waals surface area contributed by atoms with Gasteiger partial charge in [-0.3, -0.25) is 0 Å². The van der Waals surface area contributed by atoms with E-state index >= 15 is 0 Å². The zero-order valence-corrected chi connectivity index (χ0v) is 11.9. The molecule has 18 heavy (non-hydrogen) atoms. The molecule has 2 fully saturated rings. The van der Waals surface area contributed by atoms with Crippen molar-refractivity contribution in [3.8, 4) is 6.07 Å². The van der Waals surface area contributed by atoms with Crippen LogP contribution in [-0.2, 0) is 10.0 Å². The maximum Gasteiger partial charge on any atom is 0.230 e. The van der Waals surface area contributed by atoms with Gasteiger partial charge in [-0.2, -0.15) is 5.26 Å². The van der Waals surface area contributed by atoms with Crippen molar-refractivity contribution in [1.82, 2.24) is 4.31 Å². The molecule has 0 bridgehead atoms. The third-order valence-corrected chi connectivity index (χ3v) is 6.92. The van der Waals surface area contributed by atoms with Crippen LogP contribution in [0.15, 0.2) is 0 Å². The fourth-order valence-electron chi connectivity index (χ4n) is 3.39. The summed E-state index contributed by atoms with van der Waals surface area (Å²) in [5.41, 5.74) is 0.417. The molecule has 1 unspecified atom stereocenters. The molecule has 0 N–H and O–H groups in total. The molecule has 1 spiro atoms. The minimum Gasteiger partial charge on any atom is -0.211 e. The second-order valence-electron chi connectivity index (χ2n) is 5.68. The number of hydrogen-bond acceptors (Lipinski definition) is 3. The fraction of sp³-hybridized carbons (Fsp3) is 0.923. The Hall–Kier alpha value is -0.600. The summed E-state index contributed by atoms with van der Waals surface area (Å²) in [7, 11) is -3.40. The first-order valence-corrected chi connectivity index (χ1v) is 8.43. The van der Waals surface area contributed by atoms with Gasteiger partial charge in [0.15, 0.2) is 5.25 Å². The number of hydrogen-bond donors (Lipinski definition) is 0. The molecule has 1 aliphatic carbocycles. The molecule has 1 aliphatic heterocycles. The van der Waals surface area contributed by atoms with E-state index in [0.717, 1.165) is 12.8 Å². The van der Waals surface area contributed by atoms with Crippen LogP contribution in [-0.4, -0.2) is 31.1 Å². The highest BCUT2D eigenvalue weighted by atomic mass is 32.2. The van der Waals surface area contributed by atoms with E-state index in [1.807, 2.05) is 6.07 Å². The lowest BCUT2D eigenvalue weighted by atomic mass is 9.78. The molecule has 1 atom stereocenters. The van der Waals surface area contributed by atoms with Crippen molar-refractivity contribution < 1.29 is 8.42 Å². The maximum atomic E-state index is 12.3. The van der Waals surface area contributed by atoms with Crippen LogP contribution in [0.2, 0.25) is 0 Å². The normalized spacial score (nSPS) is 26.0. The molecule has 2 aliphatic rings. The maximum absolute atomic E-state index is 12.3. The van der Waals surface area contributed by atoms with Gasteiger partial charge in [0.2, 0.25) is 10.0 Å². The number of sulfonamides is 1. The first kappa shape index (κ1) is 13.8. The van der Waals surface area contributed by atoms with Crippen molar-refractivity contribution in [3.05, 3.63) is 0 Å². The topological polar surface area (TPSA) is 61.2 Å². The van der Waals surface area contributed by atoms with Gasteiger partial charge in [0.25, 0.3) is 0 Å². The van der Waals surface area contributed by atoms with E-state index in [1.54, 1.807) is 11.2 Å². The molecular weight excluding hydrogens is 248 g/mol. The van der Waals surface area contributed by atoms with Gasteiger partial charge in [0.1, 0.15) is 0 Å². The zero-order chi connectivity index (χ0) is 13.2. The summed E-state index contributed by atoms with van der Waals surface area (Å²) in [6.45, 7) is 2.98. The summed E-state index contributed by atoms with van der Waals surface area (Å²) in [5.74, 6) is 0. The minimum absolute atomic E-state index is 0.375. The fourth-order valence-corrected chi connectivity index (χ4v) is 4.99. The lowest BCUT2D eigenvalue weighted by molar-refractivity contribution is 0.160. The summed E-state index contributed by atoms with van der Waals surface area (Å²) < 4.78 is 26.1. The Morgan fingerprint density at radius 2 is 1.78 bits per heavy atom. The van der Waals surface area contributed by atoms with Gasteiger partial charge in [-0.15, -0.1) is 0 Å². The average Bonchev–Trinajstić information content (AvgIpc) is 2.79. The monoisotopic (exact) mass is 270 g/mol. The van der Waals surface area contributed by atoms with Gasteiger partial charge in [-0.25, -0.2) is 12.7 Å². The van der Waals surface area contributed by atoms with Crippen molar-refractivity contribution in [2.24, 2.45) is 5.41 Å². The molecule has 2 rings (SSSR count). The Balaban J connectivity index is 2.03. The quantitative estimate of drug-likeness (QED) is 0.790. The van der Waals surface area contributed by atoms with Gasteiger partial charge in [-0.1, -0.05) is 19.8 Å². The van der Waals surface area contributed by atoms with Gasteiger partial charge in [0.05, 0.1) is 6.07 Å². The Morgan fingerprint density at radius 1 is 1.22 bits per heavy atom. The van der Waals surface area contributed by atoms with Gasteiger partial charge in [-0.05, 0) is 37.5 Å². The Kier molecular flexibility index (Phi) is 3.98. The Bertz CT molecular complexity index is 422. The number of piperidine rings is 1. The molecule has 0 amide bonds. The SMILES string of the molecule is CCC(C#N)S(=O)(=O)N1CCC2(CCCC2)CC1. The van der Waals surface area contributed by atoms with Gasteiger partial charge in [0, 0.05) is 13.1 Å². The van der Waals surface area contributed by atoms with Crippen LogP contribution in [0.25, 0.3) is 0 Å². The molecule has 1 saturated heterocycles. The van der Waals surface area contributed by atoms with E-state index in [1.165, 1.54) is 25.7 Å². The summed E-state index contributed by atoms with van der Waals surface area (Å²) in [6, 6.07) is 1.92. The second kappa shape index (κ2) is 5.18. The van der Waals surface area contributed by atoms with Crippen LogP contribution in [0.4, 0.5) is 0 Å². The van der Waals surface area contributed by atoms with Crippen LogP contribution in [0.1, 0.15) is 51.9 Å². The molecular formula is C13H22N2O2S. The molecule has 102 valence electrons. The minimum atomic E-state index is -3.40. The Morgan fingerprint density at radius 3 is 2.22 bits per heavy atom. The summed E-state index contributed by atoms with van der Waals surface area (Å²) in [4.78, 5) is 0. The molecule has 1 heterocycles. The van der Waals surface area contributed by atoms with Crippen LogP contribution >= 0.6 is 0 Å². The average molecular weight is 270 g/mol. The molecule has 0 aromatic heterocycles. The first-order chi connectivity index (χ1) is 8.54. The molecule has 5 heteroatoms. The highest BCUT2D eigenvalue weighted by molar-refractivity contribution is 7.90. The number of nitrogens with zero attached hydrogens (tertiary/aromatic N) is 2. The second-order valence-corrected chi connectivity index (χ2v) is 7.79. The lowest BCUT2D eigenvalue weighted by Gasteiger charge is -2.39. The van der Waals surface area contributed by atoms with Crippen LogP contribution < -0.4 is 0 Å². The third-order valence-electron chi connectivity index (χ3n) is 4.68. The number of rotatable bonds is 3. The third kappa shape index (κ3) is 2.41. The molecule has 0 aromatic rings. The summed E-state index contributed by atoms with van der Waals surface area (Å²) in [5, 5.41) is 8.08. The van der Waals surface area contributed by atoms with Crippen molar-refractivity contribution in [2.75, 3.05) is 13.1 Å². The van der Waals surface area contributed by atoms with Crippen LogP contribution in [0.3, 0.4) is 0 Å². The smallest absolute Gasteiger partial charge is 0.211 e. The lowest BCUT2D eigenvalue weighted by Crippen LogP contribution is -2.45. The van der Waals surface area contributed by atoms with Crippen LogP contribution in [0.5, 0.6) is 0 Å². The van der Waals surface area contributed by atoms with Crippen LogP contribution in [0, 0.1) is 16.7 Å². The van der Waals surface area contributed by atoms with E-state index < -0.39 is 15.3 Å². The Labute approximate surface area is 110 Å². The predicted octanol–water partition coefficient (Wildman–Crippen LogP) is 2.27. The summed E-state index contributed by atoms with van der Waals surface area (Å²) in [6.07, 6.45) is 7.44. The first-order valence-electron chi connectivity index (χ1n) is 6.93. The molecule has 0 aromatic carbocycles. The van der Waals surface area contributed by atoms with E-state index in [9.17, 15) is 8.42 Å². The van der Waals surface area contributed by atoms with E-state index in [0.29, 0.717) is 24.9 Å². The predicted molar refractivity (Wildman–Crippen MR) is 70.3 cm³/mol. The highest BCUT2D eigenvalue weighted by Gasteiger charge is 2.41. The van der Waals surface area contributed by atoms with Gasteiger partial charge >= 0.3 is 0 Å². The summed E-state index contributed by atoms with van der Waals surface area (Å²) >= 11 is 0. The molecule has 4 nitrogen and oxygen atoms in total. The highest BCUT2D eigenvalue weighted by Crippen LogP contribution is 2.46. The largest absolute Gasteiger partial charge is 0.230 e. The van der Waals surface area contributed by atoms with Crippen molar-refractivity contribution >= 4 is 10.0 Å². The molecule has 0 radical (unpaired) electrons. The van der Waals surface area contributed by atoms with E-state index in [2.05, 4.69) is 0 Å². The number of nitriles is 1. The van der Waals surface area contributed by atoms with E-state index in [-0.39, 0.29) is 0 Å². The van der Waals surface area contributed by atoms with Crippen molar-refractivity contribution in [2.45, 2.75) is 57.1 Å². The standard InChI is InChI=1S/C13H22N2O2S/c1-2-12(11-14)18(16,17)15-9-7-13(8-10-15)5-3-4-6-13/h12H,2-10H2,1H3.